The van der Waals surface area contributed by atoms with Crippen LogP contribution in [-0.4, -0.2) is 20.2 Å². The van der Waals surface area contributed by atoms with Crippen LogP contribution in [0.3, 0.4) is 0 Å². The van der Waals surface area contributed by atoms with E-state index in [2.05, 4.69) is 3.63 Å². The summed E-state index contributed by atoms with van der Waals surface area (Å²) < 4.78 is 67.8. The van der Waals surface area contributed by atoms with E-state index in [0.717, 1.165) is 6.26 Å². The minimum atomic E-state index is -5.79. The van der Waals surface area contributed by atoms with Gasteiger partial charge in [0.15, 0.2) is 0 Å². The van der Waals surface area contributed by atoms with Crippen LogP contribution in [-0.2, 0) is 24.9 Å². The van der Waals surface area contributed by atoms with Crippen molar-refractivity contribution < 1.29 is 29.6 Å². The van der Waals surface area contributed by atoms with Crippen LogP contribution in [0.25, 0.3) is 11.3 Å². The molecule has 2 rings (SSSR count). The van der Waals surface area contributed by atoms with Gasteiger partial charge in [-0.2, -0.15) is 21.6 Å². The van der Waals surface area contributed by atoms with E-state index in [4.69, 9.17) is 4.42 Å². The Morgan fingerprint density at radius 3 is 2.43 bits per heavy atom. The predicted octanol–water partition coefficient (Wildman–Crippen LogP) is 2.13. The second-order valence-electron chi connectivity index (χ2n) is 3.83. The Hall–Kier alpha value is -1.52. The average molecular weight is 341 g/mol. The summed E-state index contributed by atoms with van der Waals surface area (Å²) in [6, 6.07) is 7.59. The molecule has 0 saturated heterocycles. The van der Waals surface area contributed by atoms with Crippen molar-refractivity contribution in [2.75, 3.05) is 6.26 Å². The number of fused-ring (bicyclic) bond motifs is 1. The molecule has 0 saturated carbocycles. The van der Waals surface area contributed by atoms with Crippen LogP contribution in [0.15, 0.2) is 44.4 Å². The molecule has 114 valence electrons. The summed E-state index contributed by atoms with van der Waals surface area (Å²) in [5.41, 5.74) is -6.28. The van der Waals surface area contributed by atoms with E-state index in [1.807, 2.05) is 0 Å². The molecule has 0 aromatic carbocycles. The topological polar surface area (TPSA) is 73.6 Å². The van der Waals surface area contributed by atoms with Crippen LogP contribution in [0.4, 0.5) is 13.2 Å². The molecule has 10 heteroatoms. The van der Waals surface area contributed by atoms with Gasteiger partial charge in [-0.1, -0.05) is 18.2 Å². The highest BCUT2D eigenvalue weighted by Gasteiger charge is 2.53. The number of furan rings is 1. The second kappa shape index (κ2) is 5.35. The molecule has 0 aromatic heterocycles. The van der Waals surface area contributed by atoms with Gasteiger partial charge in [0.1, 0.15) is 12.0 Å². The Morgan fingerprint density at radius 2 is 1.81 bits per heavy atom. The third-order valence-corrected chi connectivity index (χ3v) is 5.45. The Balaban J connectivity index is 2.46. The van der Waals surface area contributed by atoms with Crippen molar-refractivity contribution in [1.29, 1.82) is 0 Å². The molecule has 0 spiro atoms. The molecule has 21 heavy (non-hydrogen) atoms. The number of halogens is 3. The van der Waals surface area contributed by atoms with Gasteiger partial charge in [-0.3, -0.25) is 0 Å². The van der Waals surface area contributed by atoms with Crippen molar-refractivity contribution in [3.05, 3.63) is 40.8 Å². The van der Waals surface area contributed by atoms with Crippen molar-refractivity contribution in [3.8, 4) is 11.3 Å². The molecule has 1 atom stereocenters. The summed E-state index contributed by atoms with van der Waals surface area (Å²) in [6.45, 7) is 0. The molecule has 0 fully saturated rings. The predicted molar refractivity (Wildman–Crippen MR) is 69.2 cm³/mol. The lowest BCUT2D eigenvalue weighted by Gasteiger charge is -2.04. The molecule has 1 aliphatic carbocycles. The zero-order chi connectivity index (χ0) is 15.8. The van der Waals surface area contributed by atoms with E-state index >= 15 is 0 Å². The summed E-state index contributed by atoms with van der Waals surface area (Å²) in [6.07, 6.45) is 1.06. The summed E-state index contributed by atoms with van der Waals surface area (Å²) >= 11 is -1.94. The largest absolute Gasteiger partial charge is 0.527 e. The fourth-order valence-electron chi connectivity index (χ4n) is 1.54. The van der Waals surface area contributed by atoms with E-state index < -0.39 is 32.4 Å². The number of rotatable bonds is 3. The molecule has 0 bridgehead atoms. The maximum Gasteiger partial charge on any atom is 0.527 e. The third kappa shape index (κ3) is 3.06. The number of alkyl halides is 3. The standard InChI is InChI=1S/C11H8F3O5S2/c1-20(19-21(16,17)11(12,13)14)9-7-5-3-2-4-6-8(7)18-10(9)15/h2-6H,1H3/q+1. The number of hydrogen-bond acceptors (Lipinski definition) is 5. The van der Waals surface area contributed by atoms with E-state index in [0.29, 0.717) is 0 Å². The van der Waals surface area contributed by atoms with Crippen LogP contribution < -0.4 is 5.63 Å². The Labute approximate surface area is 120 Å². The summed E-state index contributed by atoms with van der Waals surface area (Å²) in [5, 5.41) is 0. The molecule has 0 amide bonds. The summed E-state index contributed by atoms with van der Waals surface area (Å²) in [4.78, 5) is 11.4. The first-order valence-electron chi connectivity index (χ1n) is 5.32. The molecule has 2 aliphatic rings. The molecule has 1 aliphatic heterocycles. The van der Waals surface area contributed by atoms with Crippen molar-refractivity contribution >= 4 is 21.3 Å². The van der Waals surface area contributed by atoms with Gasteiger partial charge in [0.05, 0.1) is 5.56 Å². The lowest BCUT2D eigenvalue weighted by molar-refractivity contribution is -0.0495. The first-order valence-corrected chi connectivity index (χ1v) is 8.29. The summed E-state index contributed by atoms with van der Waals surface area (Å²) in [7, 11) is -5.79. The Morgan fingerprint density at radius 1 is 1.19 bits per heavy atom. The molecule has 0 radical (unpaired) electrons. The fourth-order valence-corrected chi connectivity index (χ4v) is 3.95. The van der Waals surface area contributed by atoms with Crippen LogP contribution in [0.5, 0.6) is 0 Å². The maximum atomic E-state index is 12.3. The van der Waals surface area contributed by atoms with Gasteiger partial charge >= 0.3 is 21.3 Å². The molecule has 1 heterocycles. The maximum absolute atomic E-state index is 12.3. The first-order chi connectivity index (χ1) is 9.63. The van der Waals surface area contributed by atoms with Crippen molar-refractivity contribution in [1.82, 2.24) is 0 Å². The molecular formula is C11H8F3O5S2+. The van der Waals surface area contributed by atoms with Crippen LogP contribution in [0, 0.1) is 0 Å². The monoisotopic (exact) mass is 341 g/mol. The lowest BCUT2D eigenvalue weighted by Crippen LogP contribution is -2.29. The van der Waals surface area contributed by atoms with Crippen LogP contribution in [0.2, 0.25) is 0 Å². The fraction of sp³-hybridized carbons (Fsp3) is 0.182. The van der Waals surface area contributed by atoms with Gasteiger partial charge in [-0.15, -0.1) is 0 Å². The van der Waals surface area contributed by atoms with E-state index in [9.17, 15) is 26.4 Å². The van der Waals surface area contributed by atoms with E-state index in [-0.39, 0.29) is 16.2 Å². The van der Waals surface area contributed by atoms with Gasteiger partial charge in [0, 0.05) is 0 Å². The molecular weight excluding hydrogens is 333 g/mol. The van der Waals surface area contributed by atoms with Crippen LogP contribution in [0.1, 0.15) is 0 Å². The van der Waals surface area contributed by atoms with E-state index in [1.54, 1.807) is 12.1 Å². The second-order valence-corrected chi connectivity index (χ2v) is 7.06. The lowest BCUT2D eigenvalue weighted by atomic mass is 10.2. The minimum absolute atomic E-state index is 0.132. The SMILES string of the molecule is C[S+](OS(=O)(=O)C(F)(F)F)c1c2cccccc-2oc1=O. The molecule has 1 unspecified atom stereocenters. The van der Waals surface area contributed by atoms with Crippen molar-refractivity contribution in [3.63, 3.8) is 0 Å². The van der Waals surface area contributed by atoms with Gasteiger partial charge in [0.2, 0.25) is 11.2 Å². The van der Waals surface area contributed by atoms with E-state index in [1.165, 1.54) is 18.2 Å². The van der Waals surface area contributed by atoms with Gasteiger partial charge in [-0.25, -0.2) is 4.79 Å². The van der Waals surface area contributed by atoms with Gasteiger partial charge in [-0.05, 0) is 15.8 Å². The quantitative estimate of drug-likeness (QED) is 0.632. The number of hydrogen-bond donors (Lipinski definition) is 0. The van der Waals surface area contributed by atoms with Gasteiger partial charge in [0.25, 0.3) is 4.90 Å². The zero-order valence-corrected chi connectivity index (χ0v) is 12.0. The highest BCUT2D eigenvalue weighted by atomic mass is 32.3. The minimum Gasteiger partial charge on any atom is -0.419 e. The van der Waals surface area contributed by atoms with Gasteiger partial charge < -0.3 is 4.42 Å². The van der Waals surface area contributed by atoms with Crippen molar-refractivity contribution in [2.24, 2.45) is 0 Å². The molecule has 5 nitrogen and oxygen atoms in total. The first kappa shape index (κ1) is 15.9. The normalized spacial score (nSPS) is 14.3. The Bertz CT molecular complexity index is 781. The average Bonchev–Trinajstić information content (AvgIpc) is 2.50. The smallest absolute Gasteiger partial charge is 0.419 e. The highest BCUT2D eigenvalue weighted by Crippen LogP contribution is 2.32. The molecule has 0 aromatic rings. The summed E-state index contributed by atoms with van der Waals surface area (Å²) in [5.74, 6) is 0.132. The van der Waals surface area contributed by atoms with Crippen LogP contribution >= 0.6 is 0 Å². The third-order valence-electron chi connectivity index (χ3n) is 2.39. The highest BCUT2D eigenvalue weighted by molar-refractivity contribution is 8.02. The Kier molecular flexibility index (Phi) is 4.04. The zero-order valence-electron chi connectivity index (χ0n) is 10.4. The molecule has 0 N–H and O–H groups in total. The van der Waals surface area contributed by atoms with Crippen molar-refractivity contribution in [2.45, 2.75) is 10.4 Å².